The van der Waals surface area contributed by atoms with Crippen LogP contribution >= 0.6 is 0 Å². The van der Waals surface area contributed by atoms with Gasteiger partial charge in [-0.3, -0.25) is 4.79 Å². The third kappa shape index (κ3) is 8.68. The molecule has 0 radical (unpaired) electrons. The maximum atomic E-state index is 11.6. The molecule has 1 atom stereocenters. The highest BCUT2D eigenvalue weighted by Crippen LogP contribution is 2.00. The van der Waals surface area contributed by atoms with Crippen LogP contribution in [-0.2, 0) is 9.53 Å². The van der Waals surface area contributed by atoms with Gasteiger partial charge in [-0.1, -0.05) is 6.92 Å². The minimum Gasteiger partial charge on any atom is -0.367 e. The zero-order chi connectivity index (χ0) is 12.6. The molecule has 1 unspecified atom stereocenters. The monoisotopic (exact) mass is 230 g/mol. The zero-order valence-corrected chi connectivity index (χ0v) is 11.2. The first kappa shape index (κ1) is 15.4. The Labute approximate surface area is 99.1 Å². The first-order valence-corrected chi connectivity index (χ1v) is 6.01. The van der Waals surface area contributed by atoms with Crippen molar-refractivity contribution in [2.75, 3.05) is 19.7 Å². The predicted octanol–water partition coefficient (Wildman–Crippen LogP) is 1.31. The van der Waals surface area contributed by atoms with Gasteiger partial charge in [0, 0.05) is 12.1 Å². The number of hydrogen-bond donors (Lipinski definition) is 2. The third-order valence-electron chi connectivity index (χ3n) is 1.94. The van der Waals surface area contributed by atoms with Crippen molar-refractivity contribution in [1.82, 2.24) is 10.6 Å². The molecule has 0 saturated carbocycles. The molecule has 0 saturated heterocycles. The molecule has 0 fully saturated rings. The van der Waals surface area contributed by atoms with Gasteiger partial charge in [-0.2, -0.15) is 0 Å². The third-order valence-corrected chi connectivity index (χ3v) is 1.94. The van der Waals surface area contributed by atoms with E-state index in [2.05, 4.69) is 17.6 Å². The van der Waals surface area contributed by atoms with E-state index in [1.54, 1.807) is 6.92 Å². The lowest BCUT2D eigenvalue weighted by atomic mass is 10.1. The van der Waals surface area contributed by atoms with E-state index >= 15 is 0 Å². The quantitative estimate of drug-likeness (QED) is 0.648. The molecule has 0 bridgehead atoms. The van der Waals surface area contributed by atoms with E-state index in [0.717, 1.165) is 19.5 Å². The van der Waals surface area contributed by atoms with Crippen LogP contribution in [0.25, 0.3) is 0 Å². The number of rotatable bonds is 7. The molecule has 0 aromatic carbocycles. The highest BCUT2D eigenvalue weighted by atomic mass is 16.5. The Balaban J connectivity index is 3.64. The fraction of sp³-hybridized carbons (Fsp3) is 0.917. The van der Waals surface area contributed by atoms with Crippen molar-refractivity contribution < 1.29 is 9.53 Å². The average molecular weight is 230 g/mol. The first-order chi connectivity index (χ1) is 7.37. The smallest absolute Gasteiger partial charge is 0.249 e. The van der Waals surface area contributed by atoms with Crippen molar-refractivity contribution in [1.29, 1.82) is 0 Å². The lowest BCUT2D eigenvalue weighted by Gasteiger charge is -2.23. The van der Waals surface area contributed by atoms with Crippen LogP contribution in [0.15, 0.2) is 0 Å². The summed E-state index contributed by atoms with van der Waals surface area (Å²) in [6.45, 7) is 12.1. The highest BCUT2D eigenvalue weighted by molar-refractivity contribution is 5.80. The van der Waals surface area contributed by atoms with Crippen LogP contribution in [0.3, 0.4) is 0 Å². The lowest BCUT2D eigenvalue weighted by molar-refractivity contribution is -0.133. The number of carbonyl (C=O) groups excluding carboxylic acids is 1. The van der Waals surface area contributed by atoms with E-state index in [1.165, 1.54) is 0 Å². The summed E-state index contributed by atoms with van der Waals surface area (Å²) in [5, 5.41) is 6.11. The Kier molecular flexibility index (Phi) is 7.34. The van der Waals surface area contributed by atoms with Gasteiger partial charge < -0.3 is 15.4 Å². The van der Waals surface area contributed by atoms with Crippen LogP contribution in [0.4, 0.5) is 0 Å². The molecule has 0 aromatic rings. The maximum Gasteiger partial charge on any atom is 0.249 e. The number of amides is 1. The van der Waals surface area contributed by atoms with E-state index in [1.807, 2.05) is 20.8 Å². The number of carbonyl (C=O) groups is 1. The molecular formula is C12H26N2O2. The molecule has 0 heterocycles. The van der Waals surface area contributed by atoms with Crippen molar-refractivity contribution >= 4 is 5.91 Å². The van der Waals surface area contributed by atoms with Crippen LogP contribution in [0.2, 0.25) is 0 Å². The summed E-state index contributed by atoms with van der Waals surface area (Å²) in [7, 11) is 0. The summed E-state index contributed by atoms with van der Waals surface area (Å²) >= 11 is 0. The van der Waals surface area contributed by atoms with Crippen molar-refractivity contribution in [3.05, 3.63) is 0 Å². The molecule has 0 aliphatic heterocycles. The highest BCUT2D eigenvalue weighted by Gasteiger charge is 2.19. The zero-order valence-electron chi connectivity index (χ0n) is 11.2. The van der Waals surface area contributed by atoms with Crippen molar-refractivity contribution in [3.8, 4) is 0 Å². The van der Waals surface area contributed by atoms with Crippen LogP contribution in [0, 0.1) is 0 Å². The molecule has 0 spiro atoms. The van der Waals surface area contributed by atoms with Gasteiger partial charge in [0.15, 0.2) is 0 Å². The summed E-state index contributed by atoms with van der Waals surface area (Å²) in [4.78, 5) is 11.6. The van der Waals surface area contributed by atoms with Crippen molar-refractivity contribution in [2.45, 2.75) is 52.7 Å². The van der Waals surface area contributed by atoms with Gasteiger partial charge in [0.05, 0.1) is 6.61 Å². The fourth-order valence-corrected chi connectivity index (χ4v) is 1.16. The SMILES string of the molecule is CCCNCCOC(C)C(=O)NC(C)(C)C. The minimum atomic E-state index is -0.386. The number of nitrogens with one attached hydrogen (secondary N) is 2. The van der Waals surface area contributed by atoms with E-state index in [4.69, 9.17) is 4.74 Å². The average Bonchev–Trinajstić information content (AvgIpc) is 2.14. The second kappa shape index (κ2) is 7.63. The van der Waals surface area contributed by atoms with Crippen molar-refractivity contribution in [2.24, 2.45) is 0 Å². The summed E-state index contributed by atoms with van der Waals surface area (Å²) in [5.41, 5.74) is -0.199. The standard InChI is InChI=1S/C12H26N2O2/c1-6-7-13-8-9-16-10(2)11(15)14-12(3,4)5/h10,13H,6-9H2,1-5H3,(H,14,15). The Bertz CT molecular complexity index is 200. The molecule has 4 heteroatoms. The summed E-state index contributed by atoms with van der Waals surface area (Å²) < 4.78 is 5.42. The fourth-order valence-electron chi connectivity index (χ4n) is 1.16. The van der Waals surface area contributed by atoms with Crippen LogP contribution < -0.4 is 10.6 Å². The van der Waals surface area contributed by atoms with Gasteiger partial charge >= 0.3 is 0 Å². The Morgan fingerprint density at radius 3 is 2.44 bits per heavy atom. The molecule has 0 aliphatic rings. The van der Waals surface area contributed by atoms with Crippen LogP contribution in [0.1, 0.15) is 41.0 Å². The van der Waals surface area contributed by atoms with E-state index < -0.39 is 0 Å². The van der Waals surface area contributed by atoms with E-state index in [0.29, 0.717) is 6.61 Å². The molecule has 2 N–H and O–H groups in total. The molecule has 4 nitrogen and oxygen atoms in total. The molecular weight excluding hydrogens is 204 g/mol. The Morgan fingerprint density at radius 2 is 1.94 bits per heavy atom. The molecule has 0 aliphatic carbocycles. The van der Waals surface area contributed by atoms with Gasteiger partial charge in [-0.15, -0.1) is 0 Å². The Hall–Kier alpha value is -0.610. The summed E-state index contributed by atoms with van der Waals surface area (Å²) in [6, 6.07) is 0. The normalized spacial score (nSPS) is 13.6. The summed E-state index contributed by atoms with van der Waals surface area (Å²) in [6.07, 6.45) is 0.725. The topological polar surface area (TPSA) is 50.4 Å². The second-order valence-corrected chi connectivity index (χ2v) is 5.00. The number of ether oxygens (including phenoxy) is 1. The Morgan fingerprint density at radius 1 is 1.31 bits per heavy atom. The molecule has 16 heavy (non-hydrogen) atoms. The molecule has 0 aromatic heterocycles. The van der Waals surface area contributed by atoms with Crippen LogP contribution in [-0.4, -0.2) is 37.2 Å². The summed E-state index contributed by atoms with van der Waals surface area (Å²) in [5.74, 6) is -0.0528. The number of hydrogen-bond acceptors (Lipinski definition) is 3. The predicted molar refractivity (Wildman–Crippen MR) is 66.5 cm³/mol. The van der Waals surface area contributed by atoms with E-state index in [-0.39, 0.29) is 17.6 Å². The van der Waals surface area contributed by atoms with Gasteiger partial charge in [-0.25, -0.2) is 0 Å². The largest absolute Gasteiger partial charge is 0.367 e. The van der Waals surface area contributed by atoms with Gasteiger partial charge in [0.1, 0.15) is 6.10 Å². The van der Waals surface area contributed by atoms with Gasteiger partial charge in [-0.05, 0) is 40.7 Å². The second-order valence-electron chi connectivity index (χ2n) is 5.00. The van der Waals surface area contributed by atoms with Crippen LogP contribution in [0.5, 0.6) is 0 Å². The maximum absolute atomic E-state index is 11.6. The lowest BCUT2D eigenvalue weighted by Crippen LogP contribution is -2.46. The van der Waals surface area contributed by atoms with Crippen molar-refractivity contribution in [3.63, 3.8) is 0 Å². The molecule has 96 valence electrons. The van der Waals surface area contributed by atoms with Gasteiger partial charge in [0.25, 0.3) is 0 Å². The van der Waals surface area contributed by atoms with Gasteiger partial charge in [0.2, 0.25) is 5.91 Å². The minimum absolute atomic E-state index is 0.0528. The molecule has 0 rings (SSSR count). The molecule has 1 amide bonds. The first-order valence-electron chi connectivity index (χ1n) is 6.01. The van der Waals surface area contributed by atoms with E-state index in [9.17, 15) is 4.79 Å².